The molecule has 11 nitrogen and oxygen atoms in total. The van der Waals surface area contributed by atoms with Crippen LogP contribution in [0.4, 0.5) is 24.7 Å². The van der Waals surface area contributed by atoms with Crippen molar-refractivity contribution in [3.8, 4) is 6.01 Å². The zero-order valence-corrected chi connectivity index (χ0v) is 28.2. The lowest BCUT2D eigenvalue weighted by Crippen LogP contribution is -2.43. The number of nitrogen functional groups attached to an aromatic ring is 1. The van der Waals surface area contributed by atoms with E-state index in [0.29, 0.717) is 54.8 Å². The lowest BCUT2D eigenvalue weighted by Gasteiger charge is -2.33. The predicted molar refractivity (Wildman–Crippen MR) is 173 cm³/mol. The fourth-order valence-corrected chi connectivity index (χ4v) is 8.53. The fourth-order valence-electron chi connectivity index (χ4n) is 7.91. The van der Waals surface area contributed by atoms with Crippen LogP contribution < -0.4 is 20.7 Å². The van der Waals surface area contributed by atoms with Crippen molar-refractivity contribution in [3.63, 3.8) is 0 Å². The molecule has 0 spiro atoms. The smallest absolute Gasteiger partial charge is 0.418 e. The number of rotatable bonds is 6. The van der Waals surface area contributed by atoms with Gasteiger partial charge in [0.1, 0.15) is 12.4 Å². The molecule has 1 amide bonds. The van der Waals surface area contributed by atoms with Gasteiger partial charge in [0.05, 0.1) is 51.8 Å². The van der Waals surface area contributed by atoms with Crippen molar-refractivity contribution in [1.82, 2.24) is 30.0 Å². The van der Waals surface area contributed by atoms with E-state index in [1.165, 1.54) is 13.1 Å². The van der Waals surface area contributed by atoms with Gasteiger partial charge in [-0.1, -0.05) is 30.1 Å². The van der Waals surface area contributed by atoms with E-state index in [9.17, 15) is 18.0 Å². The highest BCUT2D eigenvalue weighted by Gasteiger charge is 2.48. The molecule has 7 rings (SSSR count). The zero-order valence-electron chi connectivity index (χ0n) is 26.7. The molecule has 2 aromatic heterocycles. The van der Waals surface area contributed by atoms with E-state index in [1.54, 1.807) is 4.68 Å². The first-order chi connectivity index (χ1) is 22.9. The third-order valence-corrected chi connectivity index (χ3v) is 10.7. The second-order valence-electron chi connectivity index (χ2n) is 13.3. The Hall–Kier alpha value is -3.33. The number of nitrogens with one attached hydrogen (secondary N) is 1. The second-order valence-corrected chi connectivity index (χ2v) is 14.1. The van der Waals surface area contributed by atoms with E-state index in [0.717, 1.165) is 38.4 Å². The standard InChI is InChI=1S/C32H37Cl2F3N8O3/c1-17-12-31(5-3-7-44(31)13-17)16-48-30-40-22-11-24(19-9-18(38)10-21(33)25(19)32(35,36)37)47-15-20(22)28(41-30)43-6-4-8-45-23(14-43)26(34)27(42-45)29(46)39-2/h9-10,17,24H,3-8,11-16,38H2,1-2H3,(H,39,46)/t17-,24?,31?/m0/s1. The van der Waals surface area contributed by atoms with Crippen LogP contribution in [0.1, 0.15) is 77.3 Å². The molecule has 0 bridgehead atoms. The Labute approximate surface area is 285 Å². The Morgan fingerprint density at radius 1 is 1.21 bits per heavy atom. The summed E-state index contributed by atoms with van der Waals surface area (Å²) in [7, 11) is 1.52. The Balaban J connectivity index is 1.27. The number of amides is 1. The van der Waals surface area contributed by atoms with Crippen LogP contribution in [0.5, 0.6) is 6.01 Å². The molecule has 2 unspecified atom stereocenters. The second kappa shape index (κ2) is 12.5. The van der Waals surface area contributed by atoms with Crippen molar-refractivity contribution in [2.75, 3.05) is 43.9 Å². The molecule has 3 aromatic rings. The van der Waals surface area contributed by atoms with E-state index in [-0.39, 0.29) is 59.0 Å². The number of carbonyl (C=O) groups excluding carboxylic acids is 1. The first-order valence-corrected chi connectivity index (χ1v) is 16.9. The summed E-state index contributed by atoms with van der Waals surface area (Å²) in [5.74, 6) is 0.706. The molecule has 0 saturated carbocycles. The molecular weight excluding hydrogens is 672 g/mol. The number of aromatic nitrogens is 4. The topological polar surface area (TPSA) is 124 Å². The number of hydrogen-bond donors (Lipinski definition) is 2. The highest BCUT2D eigenvalue weighted by Crippen LogP contribution is 2.45. The van der Waals surface area contributed by atoms with Gasteiger partial charge >= 0.3 is 12.2 Å². The number of alkyl halides is 3. The van der Waals surface area contributed by atoms with Gasteiger partial charge in [-0.3, -0.25) is 14.4 Å². The van der Waals surface area contributed by atoms with Crippen LogP contribution in [0.25, 0.3) is 0 Å². The van der Waals surface area contributed by atoms with Crippen molar-refractivity contribution in [2.24, 2.45) is 5.92 Å². The van der Waals surface area contributed by atoms with Crippen molar-refractivity contribution in [2.45, 2.75) is 76.5 Å². The van der Waals surface area contributed by atoms with Crippen LogP contribution in [-0.2, 0) is 37.0 Å². The van der Waals surface area contributed by atoms with E-state index < -0.39 is 22.9 Å². The molecule has 6 heterocycles. The summed E-state index contributed by atoms with van der Waals surface area (Å²) in [5, 5.41) is 6.80. The summed E-state index contributed by atoms with van der Waals surface area (Å²) < 4.78 is 57.0. The van der Waals surface area contributed by atoms with E-state index in [1.807, 2.05) is 4.90 Å². The molecule has 4 aliphatic rings. The molecule has 3 atom stereocenters. The Kier molecular flexibility index (Phi) is 8.66. The summed E-state index contributed by atoms with van der Waals surface area (Å²) in [4.78, 5) is 26.7. The number of ether oxygens (including phenoxy) is 2. The Bertz CT molecular complexity index is 1750. The number of fused-ring (bicyclic) bond motifs is 3. The van der Waals surface area contributed by atoms with E-state index in [4.69, 9.17) is 48.4 Å². The molecule has 4 aliphatic heterocycles. The molecule has 2 saturated heterocycles. The number of aryl methyl sites for hydroxylation is 1. The number of halogens is 5. The number of carbonyl (C=O) groups is 1. The average molecular weight is 710 g/mol. The molecule has 258 valence electrons. The minimum absolute atomic E-state index is 0.0196. The van der Waals surface area contributed by atoms with Gasteiger partial charge in [0.2, 0.25) is 0 Å². The Morgan fingerprint density at radius 3 is 2.79 bits per heavy atom. The van der Waals surface area contributed by atoms with Gasteiger partial charge in [-0.25, -0.2) is 0 Å². The van der Waals surface area contributed by atoms with Crippen LogP contribution in [0, 0.1) is 5.92 Å². The summed E-state index contributed by atoms with van der Waals surface area (Å²) in [6.45, 7) is 6.03. The predicted octanol–water partition coefficient (Wildman–Crippen LogP) is 5.42. The van der Waals surface area contributed by atoms with Crippen molar-refractivity contribution in [1.29, 1.82) is 0 Å². The summed E-state index contributed by atoms with van der Waals surface area (Å²) in [6, 6.07) is 2.51. The van der Waals surface area contributed by atoms with Gasteiger partial charge in [0, 0.05) is 44.4 Å². The largest absolute Gasteiger partial charge is 0.461 e. The van der Waals surface area contributed by atoms with Gasteiger partial charge < -0.3 is 25.4 Å². The first-order valence-electron chi connectivity index (χ1n) is 16.1. The highest BCUT2D eigenvalue weighted by atomic mass is 35.5. The zero-order chi connectivity index (χ0) is 34.0. The maximum Gasteiger partial charge on any atom is 0.418 e. The van der Waals surface area contributed by atoms with Gasteiger partial charge in [-0.15, -0.1) is 0 Å². The molecule has 3 N–H and O–H groups in total. The molecule has 1 aromatic carbocycles. The molecule has 16 heteroatoms. The molecule has 0 aliphatic carbocycles. The third-order valence-electron chi connectivity index (χ3n) is 9.98. The number of hydrogen-bond acceptors (Lipinski definition) is 9. The highest BCUT2D eigenvalue weighted by molar-refractivity contribution is 6.34. The first kappa shape index (κ1) is 33.2. The Morgan fingerprint density at radius 2 is 2.02 bits per heavy atom. The maximum absolute atomic E-state index is 14.2. The summed E-state index contributed by atoms with van der Waals surface area (Å²) in [6.07, 6.45) is -1.92. The molecular formula is C32H37Cl2F3N8O3. The molecule has 48 heavy (non-hydrogen) atoms. The number of anilines is 2. The van der Waals surface area contributed by atoms with Gasteiger partial charge in [-0.05, 0) is 55.8 Å². The summed E-state index contributed by atoms with van der Waals surface area (Å²) in [5.41, 5.74) is 6.81. The normalized spacial score (nSPS) is 24.2. The number of nitrogens with two attached hydrogens (primary N) is 1. The lowest BCUT2D eigenvalue weighted by atomic mass is 9.91. The lowest BCUT2D eigenvalue weighted by molar-refractivity contribution is -0.139. The summed E-state index contributed by atoms with van der Waals surface area (Å²) >= 11 is 12.8. The van der Waals surface area contributed by atoms with Crippen LogP contribution in [0.3, 0.4) is 0 Å². The SMILES string of the molecule is CNC(=O)c1nn2c(c1Cl)CN(c1nc(OCC34CCCN3C[C@@H](C)C4)nc3c1COC(c1cc(N)cc(Cl)c1C(F)(F)F)C3)CCC2. The minimum Gasteiger partial charge on any atom is -0.461 e. The number of nitrogens with zero attached hydrogens (tertiary/aromatic N) is 6. The van der Waals surface area contributed by atoms with Crippen molar-refractivity contribution >= 4 is 40.6 Å². The quantitative estimate of drug-likeness (QED) is 0.323. The van der Waals surface area contributed by atoms with Crippen molar-refractivity contribution in [3.05, 3.63) is 56.0 Å². The monoisotopic (exact) mass is 708 g/mol. The van der Waals surface area contributed by atoms with E-state index >= 15 is 0 Å². The third kappa shape index (κ3) is 5.94. The molecule has 2 fully saturated rings. The fraction of sp³-hybridized carbons (Fsp3) is 0.562. The van der Waals surface area contributed by atoms with Gasteiger partial charge in [-0.2, -0.15) is 28.2 Å². The van der Waals surface area contributed by atoms with Crippen molar-refractivity contribution < 1.29 is 27.4 Å². The van der Waals surface area contributed by atoms with Crippen LogP contribution in [0.15, 0.2) is 12.1 Å². The van der Waals surface area contributed by atoms with Gasteiger partial charge in [0.25, 0.3) is 5.91 Å². The van der Waals surface area contributed by atoms with Crippen LogP contribution >= 0.6 is 23.2 Å². The van der Waals surface area contributed by atoms with Gasteiger partial charge in [0.15, 0.2) is 5.69 Å². The molecule has 0 radical (unpaired) electrons. The maximum atomic E-state index is 14.2. The van der Waals surface area contributed by atoms with Crippen LogP contribution in [0.2, 0.25) is 10.0 Å². The van der Waals surface area contributed by atoms with E-state index in [2.05, 4.69) is 22.2 Å². The van der Waals surface area contributed by atoms with Crippen LogP contribution in [-0.4, -0.2) is 69.4 Å². The number of benzene rings is 1. The average Bonchev–Trinajstić information content (AvgIpc) is 3.60. The minimum atomic E-state index is -4.72.